The molecule has 0 spiro atoms. The summed E-state index contributed by atoms with van der Waals surface area (Å²) in [7, 11) is 0. The van der Waals surface area contributed by atoms with Crippen molar-refractivity contribution in [1.82, 2.24) is 4.98 Å². The molecule has 2 heterocycles. The van der Waals surface area contributed by atoms with Gasteiger partial charge in [0.05, 0.1) is 10.7 Å². The molecular weight excluding hydrogens is 392 g/mol. The Labute approximate surface area is 173 Å². The van der Waals surface area contributed by atoms with E-state index in [1.807, 2.05) is 0 Å². The summed E-state index contributed by atoms with van der Waals surface area (Å²) in [5.41, 5.74) is 2.00. The number of ketones is 2. The highest BCUT2D eigenvalue weighted by atomic mass is 32.1. The van der Waals surface area contributed by atoms with Crippen molar-refractivity contribution in [3.8, 4) is 0 Å². The van der Waals surface area contributed by atoms with Crippen molar-refractivity contribution < 1.29 is 23.9 Å². The summed E-state index contributed by atoms with van der Waals surface area (Å²) in [5.74, 6) is -1.34. The van der Waals surface area contributed by atoms with Gasteiger partial charge in [-0.25, -0.2) is 4.79 Å². The number of rotatable bonds is 6. The SMILES string of the molecule is CC(=O)c1c(C)[nH]c(C(=O)COC(=O)c2sc(NC(=O)C(C)(C)C)cc2C)c1C. The average Bonchev–Trinajstić information content (AvgIpc) is 3.10. The zero-order valence-electron chi connectivity index (χ0n) is 17.7. The molecule has 1 amide bonds. The van der Waals surface area contributed by atoms with Gasteiger partial charge in [-0.05, 0) is 44.9 Å². The van der Waals surface area contributed by atoms with E-state index in [4.69, 9.17) is 4.74 Å². The van der Waals surface area contributed by atoms with E-state index in [0.717, 1.165) is 11.3 Å². The molecule has 0 saturated carbocycles. The third-order valence-electron chi connectivity index (χ3n) is 4.42. The number of hydrogen-bond acceptors (Lipinski definition) is 6. The van der Waals surface area contributed by atoms with Gasteiger partial charge in [-0.1, -0.05) is 20.8 Å². The zero-order valence-corrected chi connectivity index (χ0v) is 18.6. The van der Waals surface area contributed by atoms with Gasteiger partial charge in [0.15, 0.2) is 12.4 Å². The summed E-state index contributed by atoms with van der Waals surface area (Å²) >= 11 is 1.10. The summed E-state index contributed by atoms with van der Waals surface area (Å²) in [6, 6.07) is 1.70. The van der Waals surface area contributed by atoms with Gasteiger partial charge in [-0.3, -0.25) is 14.4 Å². The normalized spacial score (nSPS) is 11.3. The molecule has 0 aliphatic carbocycles. The highest BCUT2D eigenvalue weighted by molar-refractivity contribution is 7.18. The molecule has 0 radical (unpaired) electrons. The molecule has 0 aliphatic heterocycles. The van der Waals surface area contributed by atoms with E-state index in [1.54, 1.807) is 47.6 Å². The van der Waals surface area contributed by atoms with Gasteiger partial charge >= 0.3 is 5.97 Å². The minimum Gasteiger partial charge on any atom is -0.453 e. The van der Waals surface area contributed by atoms with Gasteiger partial charge in [0, 0.05) is 16.7 Å². The van der Waals surface area contributed by atoms with Crippen LogP contribution in [0.3, 0.4) is 0 Å². The number of ether oxygens (including phenoxy) is 1. The van der Waals surface area contributed by atoms with Crippen LogP contribution >= 0.6 is 11.3 Å². The van der Waals surface area contributed by atoms with Crippen LogP contribution in [0.25, 0.3) is 0 Å². The Bertz CT molecular complexity index is 992. The van der Waals surface area contributed by atoms with Crippen LogP contribution in [0.15, 0.2) is 6.07 Å². The average molecular weight is 419 g/mol. The van der Waals surface area contributed by atoms with Gasteiger partial charge in [-0.2, -0.15) is 0 Å². The predicted octanol–water partition coefficient (Wildman–Crippen LogP) is 4.23. The first kappa shape index (κ1) is 22.5. The molecule has 0 atom stereocenters. The largest absolute Gasteiger partial charge is 0.453 e. The molecule has 0 fully saturated rings. The van der Waals surface area contributed by atoms with E-state index < -0.39 is 23.8 Å². The van der Waals surface area contributed by atoms with Crippen molar-refractivity contribution in [2.75, 3.05) is 11.9 Å². The smallest absolute Gasteiger partial charge is 0.349 e. The molecule has 2 aromatic heterocycles. The van der Waals surface area contributed by atoms with Gasteiger partial charge < -0.3 is 15.0 Å². The fraction of sp³-hybridized carbons (Fsp3) is 0.429. The van der Waals surface area contributed by atoms with Crippen molar-refractivity contribution >= 4 is 39.8 Å². The quantitative estimate of drug-likeness (QED) is 0.539. The Balaban J connectivity index is 2.08. The van der Waals surface area contributed by atoms with Gasteiger partial charge in [0.25, 0.3) is 0 Å². The lowest BCUT2D eigenvalue weighted by molar-refractivity contribution is -0.123. The van der Waals surface area contributed by atoms with Crippen molar-refractivity contribution in [3.63, 3.8) is 0 Å². The summed E-state index contributed by atoms with van der Waals surface area (Å²) in [6.45, 7) is 11.5. The highest BCUT2D eigenvalue weighted by Gasteiger charge is 2.24. The number of H-pyrrole nitrogens is 1. The van der Waals surface area contributed by atoms with Crippen LogP contribution in [0.5, 0.6) is 0 Å². The Hall–Kier alpha value is -2.74. The molecule has 8 heteroatoms. The lowest BCUT2D eigenvalue weighted by Crippen LogP contribution is -2.27. The second kappa shape index (κ2) is 8.32. The Morgan fingerprint density at radius 1 is 1.14 bits per heavy atom. The number of amides is 1. The Kier molecular flexibility index (Phi) is 6.47. The first-order chi connectivity index (χ1) is 13.3. The van der Waals surface area contributed by atoms with E-state index >= 15 is 0 Å². The summed E-state index contributed by atoms with van der Waals surface area (Å²) < 4.78 is 5.18. The van der Waals surface area contributed by atoms with E-state index in [9.17, 15) is 19.2 Å². The number of carbonyl (C=O) groups excluding carboxylic acids is 4. The molecule has 2 N–H and O–H groups in total. The summed E-state index contributed by atoms with van der Waals surface area (Å²) in [5, 5.41) is 3.33. The minimum atomic E-state index is -0.634. The Morgan fingerprint density at radius 3 is 2.28 bits per heavy atom. The van der Waals surface area contributed by atoms with E-state index in [-0.39, 0.29) is 17.4 Å². The summed E-state index contributed by atoms with van der Waals surface area (Å²) in [6.07, 6.45) is 0. The van der Waals surface area contributed by atoms with Crippen molar-refractivity contribution in [2.24, 2.45) is 5.41 Å². The third-order valence-corrected chi connectivity index (χ3v) is 5.56. The third kappa shape index (κ3) is 5.00. The van der Waals surface area contributed by atoms with Crippen LogP contribution in [-0.2, 0) is 9.53 Å². The van der Waals surface area contributed by atoms with Crippen LogP contribution in [0.2, 0.25) is 0 Å². The first-order valence-corrected chi connectivity index (χ1v) is 9.96. The molecule has 0 saturated heterocycles. The second-order valence-corrected chi connectivity index (χ2v) is 9.06. The molecule has 0 unspecified atom stereocenters. The van der Waals surface area contributed by atoms with Crippen LogP contribution in [-0.4, -0.2) is 35.0 Å². The molecule has 0 aliphatic rings. The molecule has 0 aromatic carbocycles. The molecule has 2 rings (SSSR count). The number of aromatic amines is 1. The minimum absolute atomic E-state index is 0.133. The van der Waals surface area contributed by atoms with Crippen LogP contribution < -0.4 is 5.32 Å². The molecular formula is C21H26N2O5S. The van der Waals surface area contributed by atoms with E-state index in [1.165, 1.54) is 6.92 Å². The highest BCUT2D eigenvalue weighted by Crippen LogP contribution is 2.29. The molecule has 29 heavy (non-hydrogen) atoms. The fourth-order valence-corrected chi connectivity index (χ4v) is 3.83. The van der Waals surface area contributed by atoms with Crippen molar-refractivity contribution in [1.29, 1.82) is 0 Å². The number of esters is 1. The molecule has 0 bridgehead atoms. The first-order valence-electron chi connectivity index (χ1n) is 9.15. The maximum atomic E-state index is 12.5. The zero-order chi connectivity index (χ0) is 22.1. The van der Waals surface area contributed by atoms with Crippen LogP contribution in [0, 0.1) is 26.2 Å². The number of hydrogen-bond donors (Lipinski definition) is 2. The lowest BCUT2D eigenvalue weighted by atomic mass is 9.96. The topological polar surface area (TPSA) is 105 Å². The maximum absolute atomic E-state index is 12.5. The second-order valence-electron chi connectivity index (χ2n) is 8.01. The standard InChI is InChI=1S/C21H26N2O5S/c1-10-8-15(23-20(27)21(5,6)7)29-18(10)19(26)28-9-14(25)17-11(2)16(13(4)24)12(3)22-17/h8,22H,9H2,1-7H3,(H,23,27). The number of nitrogens with one attached hydrogen (secondary N) is 2. The van der Waals surface area contributed by atoms with E-state index in [0.29, 0.717) is 32.3 Å². The summed E-state index contributed by atoms with van der Waals surface area (Å²) in [4.78, 5) is 51.9. The number of carbonyl (C=O) groups is 4. The van der Waals surface area contributed by atoms with Gasteiger partial charge in [0.1, 0.15) is 4.88 Å². The van der Waals surface area contributed by atoms with Gasteiger partial charge in [0.2, 0.25) is 11.7 Å². The predicted molar refractivity (Wildman–Crippen MR) is 112 cm³/mol. The number of aryl methyl sites for hydroxylation is 2. The molecule has 2 aromatic rings. The number of thiophene rings is 1. The monoisotopic (exact) mass is 418 g/mol. The van der Waals surface area contributed by atoms with Gasteiger partial charge in [-0.15, -0.1) is 11.3 Å². The number of aromatic nitrogens is 1. The number of anilines is 1. The molecule has 156 valence electrons. The Morgan fingerprint density at radius 2 is 1.76 bits per heavy atom. The lowest BCUT2D eigenvalue weighted by Gasteiger charge is -2.16. The van der Waals surface area contributed by atoms with Crippen LogP contribution in [0.1, 0.15) is 75.0 Å². The fourth-order valence-electron chi connectivity index (χ4n) is 2.87. The molecule has 7 nitrogen and oxygen atoms in total. The maximum Gasteiger partial charge on any atom is 0.349 e. The van der Waals surface area contributed by atoms with Crippen molar-refractivity contribution in [3.05, 3.63) is 39.0 Å². The van der Waals surface area contributed by atoms with E-state index in [2.05, 4.69) is 10.3 Å². The van der Waals surface area contributed by atoms with Crippen LogP contribution in [0.4, 0.5) is 5.00 Å². The number of Topliss-reactive ketones (excluding diaryl/α,β-unsaturated/α-hetero) is 2. The van der Waals surface area contributed by atoms with Crippen molar-refractivity contribution in [2.45, 2.75) is 48.5 Å².